The van der Waals surface area contributed by atoms with Gasteiger partial charge in [-0.05, 0) is 24.3 Å². The molecule has 1 atom stereocenters. The van der Waals surface area contributed by atoms with Crippen molar-refractivity contribution < 1.29 is 14.7 Å². The molecule has 106 valence electrons. The van der Waals surface area contributed by atoms with Gasteiger partial charge in [-0.3, -0.25) is 9.63 Å². The van der Waals surface area contributed by atoms with E-state index in [9.17, 15) is 4.79 Å². The number of carboxylic acids is 1. The van der Waals surface area contributed by atoms with Crippen LogP contribution in [0.15, 0.2) is 30.3 Å². The summed E-state index contributed by atoms with van der Waals surface area (Å²) in [7, 11) is 0. The SMILES string of the molecule is CC(C)CC(CCNOCc1ccccc1)C(=O)O. The maximum atomic E-state index is 11.1. The van der Waals surface area contributed by atoms with Crippen molar-refractivity contribution in [3.8, 4) is 0 Å². The highest BCUT2D eigenvalue weighted by atomic mass is 16.6. The molecular weight excluding hydrogens is 242 g/mol. The molecule has 1 aromatic carbocycles. The largest absolute Gasteiger partial charge is 0.481 e. The third-order valence-corrected chi connectivity index (χ3v) is 2.88. The molecular formula is C15H23NO3. The van der Waals surface area contributed by atoms with Gasteiger partial charge in [0, 0.05) is 6.54 Å². The number of carboxylic acid groups (broad SMARTS) is 1. The first-order valence-electron chi connectivity index (χ1n) is 6.71. The second-order valence-corrected chi connectivity index (χ2v) is 5.12. The van der Waals surface area contributed by atoms with E-state index in [2.05, 4.69) is 5.48 Å². The molecule has 19 heavy (non-hydrogen) atoms. The van der Waals surface area contributed by atoms with E-state index in [0.717, 1.165) is 5.56 Å². The van der Waals surface area contributed by atoms with Crippen LogP contribution < -0.4 is 5.48 Å². The Morgan fingerprint density at radius 1 is 1.32 bits per heavy atom. The van der Waals surface area contributed by atoms with Crippen LogP contribution in [0.1, 0.15) is 32.3 Å². The lowest BCUT2D eigenvalue weighted by atomic mass is 9.94. The second-order valence-electron chi connectivity index (χ2n) is 5.12. The highest BCUT2D eigenvalue weighted by Crippen LogP contribution is 2.15. The predicted octanol–water partition coefficient (Wildman–Crippen LogP) is 2.84. The van der Waals surface area contributed by atoms with Crippen LogP contribution >= 0.6 is 0 Å². The zero-order valence-corrected chi connectivity index (χ0v) is 11.6. The molecule has 0 aliphatic rings. The molecule has 2 N–H and O–H groups in total. The van der Waals surface area contributed by atoms with E-state index in [1.807, 2.05) is 44.2 Å². The molecule has 1 unspecified atom stereocenters. The lowest BCUT2D eigenvalue weighted by molar-refractivity contribution is -0.142. The van der Waals surface area contributed by atoms with E-state index in [-0.39, 0.29) is 5.92 Å². The highest BCUT2D eigenvalue weighted by molar-refractivity contribution is 5.69. The second kappa shape index (κ2) is 8.67. The average Bonchev–Trinajstić information content (AvgIpc) is 2.37. The molecule has 0 bridgehead atoms. The minimum absolute atomic E-state index is 0.298. The first-order chi connectivity index (χ1) is 9.09. The van der Waals surface area contributed by atoms with Gasteiger partial charge in [0.05, 0.1) is 12.5 Å². The third-order valence-electron chi connectivity index (χ3n) is 2.88. The maximum absolute atomic E-state index is 11.1. The summed E-state index contributed by atoms with van der Waals surface area (Å²) in [5.41, 5.74) is 3.92. The zero-order chi connectivity index (χ0) is 14.1. The fourth-order valence-corrected chi connectivity index (χ4v) is 1.93. The monoisotopic (exact) mass is 265 g/mol. The summed E-state index contributed by atoms with van der Waals surface area (Å²) < 4.78 is 0. The Hall–Kier alpha value is -1.39. The van der Waals surface area contributed by atoms with Gasteiger partial charge in [0.25, 0.3) is 0 Å². The summed E-state index contributed by atoms with van der Waals surface area (Å²) in [6.45, 7) is 5.11. The van der Waals surface area contributed by atoms with Crippen LogP contribution in [0.5, 0.6) is 0 Å². The van der Waals surface area contributed by atoms with E-state index in [1.54, 1.807) is 0 Å². The van der Waals surface area contributed by atoms with Crippen LogP contribution in [0.25, 0.3) is 0 Å². The van der Waals surface area contributed by atoms with E-state index < -0.39 is 5.97 Å². The highest BCUT2D eigenvalue weighted by Gasteiger charge is 2.18. The van der Waals surface area contributed by atoms with Crippen LogP contribution in [0.2, 0.25) is 0 Å². The van der Waals surface area contributed by atoms with E-state index >= 15 is 0 Å². The Morgan fingerprint density at radius 2 is 2.00 bits per heavy atom. The van der Waals surface area contributed by atoms with Crippen molar-refractivity contribution >= 4 is 5.97 Å². The Morgan fingerprint density at radius 3 is 2.58 bits per heavy atom. The molecule has 1 rings (SSSR count). The molecule has 0 amide bonds. The van der Waals surface area contributed by atoms with Crippen LogP contribution in [0.4, 0.5) is 0 Å². The molecule has 4 heteroatoms. The standard InChI is InChI=1S/C15H23NO3/c1-12(2)10-14(15(17)18)8-9-16-19-11-13-6-4-3-5-7-13/h3-7,12,14,16H,8-11H2,1-2H3,(H,17,18). The Kier molecular flexibility index (Phi) is 7.15. The first-order valence-corrected chi connectivity index (χ1v) is 6.71. The van der Waals surface area contributed by atoms with Crippen LogP contribution in [0.3, 0.4) is 0 Å². The Labute approximate surface area is 114 Å². The van der Waals surface area contributed by atoms with Crippen molar-refractivity contribution in [2.24, 2.45) is 11.8 Å². The topological polar surface area (TPSA) is 58.6 Å². The Bertz CT molecular complexity index is 365. The van der Waals surface area contributed by atoms with Gasteiger partial charge in [-0.15, -0.1) is 0 Å². The third kappa shape index (κ3) is 6.94. The van der Waals surface area contributed by atoms with Crippen molar-refractivity contribution in [2.75, 3.05) is 6.54 Å². The minimum Gasteiger partial charge on any atom is -0.481 e. The molecule has 0 fully saturated rings. The first kappa shape index (κ1) is 15.7. The molecule has 0 radical (unpaired) electrons. The molecule has 0 aliphatic carbocycles. The normalized spacial score (nSPS) is 12.6. The van der Waals surface area contributed by atoms with Gasteiger partial charge in [0.2, 0.25) is 0 Å². The van der Waals surface area contributed by atoms with Crippen LogP contribution in [-0.4, -0.2) is 17.6 Å². The van der Waals surface area contributed by atoms with Gasteiger partial charge in [0.1, 0.15) is 0 Å². The van der Waals surface area contributed by atoms with Crippen molar-refractivity contribution in [1.82, 2.24) is 5.48 Å². The molecule has 0 spiro atoms. The number of hydroxylamine groups is 1. The number of hydrogen-bond donors (Lipinski definition) is 2. The lowest BCUT2D eigenvalue weighted by Crippen LogP contribution is -2.23. The van der Waals surface area contributed by atoms with Crippen LogP contribution in [-0.2, 0) is 16.2 Å². The zero-order valence-electron chi connectivity index (χ0n) is 11.6. The van der Waals surface area contributed by atoms with Crippen molar-refractivity contribution in [3.63, 3.8) is 0 Å². The summed E-state index contributed by atoms with van der Waals surface area (Å²) in [4.78, 5) is 16.4. The van der Waals surface area contributed by atoms with E-state index in [1.165, 1.54) is 0 Å². The van der Waals surface area contributed by atoms with E-state index in [4.69, 9.17) is 9.94 Å². The molecule has 0 aliphatic heterocycles. The summed E-state index contributed by atoms with van der Waals surface area (Å²) in [6.07, 6.45) is 1.29. The molecule has 0 saturated heterocycles. The number of hydrogen-bond acceptors (Lipinski definition) is 3. The number of carbonyl (C=O) groups is 1. The minimum atomic E-state index is -0.724. The summed E-state index contributed by atoms with van der Waals surface area (Å²) in [5.74, 6) is -0.627. The molecule has 1 aromatic rings. The van der Waals surface area contributed by atoms with Gasteiger partial charge >= 0.3 is 5.97 Å². The van der Waals surface area contributed by atoms with Crippen LogP contribution in [0, 0.1) is 11.8 Å². The smallest absolute Gasteiger partial charge is 0.306 e. The number of aliphatic carboxylic acids is 1. The maximum Gasteiger partial charge on any atom is 0.306 e. The predicted molar refractivity (Wildman–Crippen MR) is 74.4 cm³/mol. The number of nitrogens with one attached hydrogen (secondary N) is 1. The molecule has 4 nitrogen and oxygen atoms in total. The quantitative estimate of drug-likeness (QED) is 0.532. The van der Waals surface area contributed by atoms with Gasteiger partial charge in [-0.1, -0.05) is 44.2 Å². The van der Waals surface area contributed by atoms with Crippen molar-refractivity contribution in [2.45, 2.75) is 33.3 Å². The summed E-state index contributed by atoms with van der Waals surface area (Å²) >= 11 is 0. The average molecular weight is 265 g/mol. The van der Waals surface area contributed by atoms with Crippen molar-refractivity contribution in [3.05, 3.63) is 35.9 Å². The summed E-state index contributed by atoms with van der Waals surface area (Å²) in [5, 5.41) is 9.09. The fraction of sp³-hybridized carbons (Fsp3) is 0.533. The fourth-order valence-electron chi connectivity index (χ4n) is 1.93. The van der Waals surface area contributed by atoms with Gasteiger partial charge < -0.3 is 5.11 Å². The number of benzene rings is 1. The van der Waals surface area contributed by atoms with Gasteiger partial charge in [-0.2, -0.15) is 0 Å². The molecule has 0 saturated carbocycles. The number of rotatable bonds is 9. The van der Waals surface area contributed by atoms with Crippen molar-refractivity contribution in [1.29, 1.82) is 0 Å². The summed E-state index contributed by atoms with van der Waals surface area (Å²) in [6, 6.07) is 9.85. The Balaban J connectivity index is 2.16. The molecule has 0 aromatic heterocycles. The van der Waals surface area contributed by atoms with Gasteiger partial charge in [0.15, 0.2) is 0 Å². The van der Waals surface area contributed by atoms with Gasteiger partial charge in [-0.25, -0.2) is 5.48 Å². The lowest BCUT2D eigenvalue weighted by Gasteiger charge is -2.14. The molecule has 0 heterocycles. The van der Waals surface area contributed by atoms with E-state index in [0.29, 0.717) is 31.9 Å².